The fourth-order valence-corrected chi connectivity index (χ4v) is 3.30. The van der Waals surface area contributed by atoms with E-state index in [0.29, 0.717) is 5.75 Å². The van der Waals surface area contributed by atoms with Crippen molar-refractivity contribution < 1.29 is 14.9 Å². The maximum absolute atomic E-state index is 9.71. The van der Waals surface area contributed by atoms with Crippen LogP contribution in [0.4, 0.5) is 0 Å². The average molecular weight is 374 g/mol. The van der Waals surface area contributed by atoms with E-state index in [4.69, 9.17) is 9.84 Å². The Balaban J connectivity index is 2.18. The summed E-state index contributed by atoms with van der Waals surface area (Å²) in [5.41, 5.74) is 5.60. The minimum atomic E-state index is -0.906. The SMILES string of the molecule is CCC(=C(c1ccccc1)c1ccccc1OCC(O)CO)c1ccccc1. The van der Waals surface area contributed by atoms with Gasteiger partial charge in [-0.25, -0.2) is 0 Å². The van der Waals surface area contributed by atoms with E-state index < -0.39 is 6.10 Å². The first-order valence-corrected chi connectivity index (χ1v) is 9.59. The predicted molar refractivity (Wildman–Crippen MR) is 114 cm³/mol. The van der Waals surface area contributed by atoms with Gasteiger partial charge in [0.25, 0.3) is 0 Å². The van der Waals surface area contributed by atoms with Crippen molar-refractivity contribution >= 4 is 11.1 Å². The van der Waals surface area contributed by atoms with Gasteiger partial charge in [-0.15, -0.1) is 0 Å². The van der Waals surface area contributed by atoms with Crippen LogP contribution in [0.5, 0.6) is 5.75 Å². The fourth-order valence-electron chi connectivity index (χ4n) is 3.30. The lowest BCUT2D eigenvalue weighted by molar-refractivity contribution is 0.0535. The van der Waals surface area contributed by atoms with Gasteiger partial charge < -0.3 is 14.9 Å². The fraction of sp³-hybridized carbons (Fsp3) is 0.200. The van der Waals surface area contributed by atoms with E-state index in [0.717, 1.165) is 23.1 Å². The molecule has 28 heavy (non-hydrogen) atoms. The predicted octanol–water partition coefficient (Wildman–Crippen LogP) is 4.79. The molecule has 3 aromatic rings. The molecule has 0 aromatic heterocycles. The van der Waals surface area contributed by atoms with Gasteiger partial charge in [0.1, 0.15) is 18.5 Å². The lowest BCUT2D eigenvalue weighted by Gasteiger charge is -2.20. The quantitative estimate of drug-likeness (QED) is 0.558. The molecule has 0 saturated heterocycles. The second kappa shape index (κ2) is 9.88. The topological polar surface area (TPSA) is 49.7 Å². The Kier molecular flexibility index (Phi) is 7.01. The minimum Gasteiger partial charge on any atom is -0.490 e. The summed E-state index contributed by atoms with van der Waals surface area (Å²) in [5.74, 6) is 0.690. The molecule has 0 fully saturated rings. The zero-order chi connectivity index (χ0) is 19.8. The first-order valence-electron chi connectivity index (χ1n) is 9.59. The van der Waals surface area contributed by atoms with Crippen molar-refractivity contribution in [1.29, 1.82) is 0 Å². The van der Waals surface area contributed by atoms with Gasteiger partial charge in [0, 0.05) is 5.56 Å². The molecular weight excluding hydrogens is 348 g/mol. The van der Waals surface area contributed by atoms with Crippen molar-refractivity contribution in [3.8, 4) is 5.75 Å². The lowest BCUT2D eigenvalue weighted by Crippen LogP contribution is -2.21. The van der Waals surface area contributed by atoms with Crippen LogP contribution >= 0.6 is 0 Å². The Morgan fingerprint density at radius 1 is 0.821 bits per heavy atom. The molecule has 3 heteroatoms. The van der Waals surface area contributed by atoms with E-state index in [9.17, 15) is 5.11 Å². The van der Waals surface area contributed by atoms with Crippen LogP contribution in [0.1, 0.15) is 30.0 Å². The molecule has 3 nitrogen and oxygen atoms in total. The number of benzene rings is 3. The van der Waals surface area contributed by atoms with Gasteiger partial charge >= 0.3 is 0 Å². The summed E-state index contributed by atoms with van der Waals surface area (Å²) in [5, 5.41) is 18.8. The number of ether oxygens (including phenoxy) is 1. The summed E-state index contributed by atoms with van der Waals surface area (Å²) < 4.78 is 5.88. The van der Waals surface area contributed by atoms with Gasteiger partial charge in [0.05, 0.1) is 6.61 Å². The lowest BCUT2D eigenvalue weighted by atomic mass is 9.88. The van der Waals surface area contributed by atoms with Crippen LogP contribution in [-0.4, -0.2) is 29.5 Å². The van der Waals surface area contributed by atoms with Gasteiger partial charge in [-0.2, -0.15) is 0 Å². The summed E-state index contributed by atoms with van der Waals surface area (Å²) in [6, 6.07) is 28.5. The van der Waals surface area contributed by atoms with Crippen molar-refractivity contribution in [2.75, 3.05) is 13.2 Å². The number of aliphatic hydroxyl groups excluding tert-OH is 2. The van der Waals surface area contributed by atoms with Crippen molar-refractivity contribution in [2.24, 2.45) is 0 Å². The molecule has 0 radical (unpaired) electrons. The van der Waals surface area contributed by atoms with Crippen LogP contribution in [0.15, 0.2) is 84.9 Å². The normalized spacial score (nSPS) is 13.0. The van der Waals surface area contributed by atoms with Crippen LogP contribution in [0.25, 0.3) is 11.1 Å². The highest BCUT2D eigenvalue weighted by Crippen LogP contribution is 2.38. The van der Waals surface area contributed by atoms with Crippen molar-refractivity contribution in [2.45, 2.75) is 19.4 Å². The molecule has 0 aliphatic heterocycles. The molecule has 0 amide bonds. The number of hydrogen-bond acceptors (Lipinski definition) is 3. The highest BCUT2D eigenvalue weighted by atomic mass is 16.5. The molecule has 0 aliphatic rings. The number of aliphatic hydroxyl groups is 2. The Morgan fingerprint density at radius 2 is 1.39 bits per heavy atom. The van der Waals surface area contributed by atoms with Crippen LogP contribution in [0.2, 0.25) is 0 Å². The molecule has 0 aliphatic carbocycles. The molecule has 0 bridgehead atoms. The van der Waals surface area contributed by atoms with Gasteiger partial charge in [0.15, 0.2) is 0 Å². The van der Waals surface area contributed by atoms with E-state index >= 15 is 0 Å². The Hall–Kier alpha value is -2.88. The molecule has 0 spiro atoms. The third-order valence-electron chi connectivity index (χ3n) is 4.64. The maximum Gasteiger partial charge on any atom is 0.127 e. The summed E-state index contributed by atoms with van der Waals surface area (Å²) >= 11 is 0. The summed E-state index contributed by atoms with van der Waals surface area (Å²) in [6.07, 6.45) is -0.0426. The highest BCUT2D eigenvalue weighted by Gasteiger charge is 2.17. The van der Waals surface area contributed by atoms with Gasteiger partial charge in [-0.3, -0.25) is 0 Å². The summed E-state index contributed by atoms with van der Waals surface area (Å²) in [4.78, 5) is 0. The molecule has 1 unspecified atom stereocenters. The summed E-state index contributed by atoms with van der Waals surface area (Å²) in [7, 11) is 0. The largest absolute Gasteiger partial charge is 0.490 e. The smallest absolute Gasteiger partial charge is 0.127 e. The van der Waals surface area contributed by atoms with Gasteiger partial charge in [0.2, 0.25) is 0 Å². The number of allylic oxidation sites excluding steroid dienone is 1. The van der Waals surface area contributed by atoms with E-state index in [1.165, 1.54) is 11.1 Å². The third-order valence-corrected chi connectivity index (χ3v) is 4.64. The zero-order valence-corrected chi connectivity index (χ0v) is 16.1. The first kappa shape index (κ1) is 19.9. The molecule has 144 valence electrons. The Morgan fingerprint density at radius 3 is 2.00 bits per heavy atom. The third kappa shape index (κ3) is 4.69. The number of para-hydroxylation sites is 1. The summed E-state index contributed by atoms with van der Waals surface area (Å²) in [6.45, 7) is 1.88. The molecule has 1 atom stereocenters. The van der Waals surface area contributed by atoms with E-state index in [1.54, 1.807) is 0 Å². The van der Waals surface area contributed by atoms with E-state index in [1.807, 2.05) is 60.7 Å². The number of rotatable bonds is 8. The maximum atomic E-state index is 9.71. The molecule has 2 N–H and O–H groups in total. The molecule has 3 aromatic carbocycles. The van der Waals surface area contributed by atoms with Gasteiger partial charge in [-0.05, 0) is 34.8 Å². The van der Waals surface area contributed by atoms with Crippen LogP contribution in [0.3, 0.4) is 0 Å². The van der Waals surface area contributed by atoms with Crippen molar-refractivity contribution in [1.82, 2.24) is 0 Å². The molecule has 0 heterocycles. The zero-order valence-electron chi connectivity index (χ0n) is 16.1. The molecule has 3 rings (SSSR count). The van der Waals surface area contributed by atoms with Crippen LogP contribution < -0.4 is 4.74 Å². The van der Waals surface area contributed by atoms with Crippen molar-refractivity contribution in [3.63, 3.8) is 0 Å². The standard InChI is InChI=1S/C25H26O3/c1-2-22(19-11-5-3-6-12-19)25(20-13-7-4-8-14-20)23-15-9-10-16-24(23)28-18-21(27)17-26/h3-16,21,26-27H,2,17-18H2,1H3. The second-order valence-corrected chi connectivity index (χ2v) is 6.58. The van der Waals surface area contributed by atoms with Crippen LogP contribution in [-0.2, 0) is 0 Å². The minimum absolute atomic E-state index is 0.0440. The van der Waals surface area contributed by atoms with E-state index in [2.05, 4.69) is 31.2 Å². The monoisotopic (exact) mass is 374 g/mol. The van der Waals surface area contributed by atoms with Crippen LogP contribution in [0, 0.1) is 0 Å². The number of hydrogen-bond donors (Lipinski definition) is 2. The Bertz CT molecular complexity index is 901. The van der Waals surface area contributed by atoms with Gasteiger partial charge in [-0.1, -0.05) is 85.8 Å². The second-order valence-electron chi connectivity index (χ2n) is 6.58. The first-order chi connectivity index (χ1) is 13.7. The highest BCUT2D eigenvalue weighted by molar-refractivity contribution is 5.99. The van der Waals surface area contributed by atoms with E-state index in [-0.39, 0.29) is 13.2 Å². The molecular formula is C25H26O3. The van der Waals surface area contributed by atoms with Crippen molar-refractivity contribution in [3.05, 3.63) is 102 Å². The Labute approximate surface area is 166 Å². The average Bonchev–Trinajstić information content (AvgIpc) is 2.77. The molecule has 0 saturated carbocycles.